The van der Waals surface area contributed by atoms with Crippen LogP contribution >= 0.6 is 11.6 Å². The second kappa shape index (κ2) is 7.24. The molecular formula is C13H18ClNO3. The van der Waals surface area contributed by atoms with E-state index in [9.17, 15) is 9.90 Å². The summed E-state index contributed by atoms with van der Waals surface area (Å²) in [5.74, 6) is 0.211. The third-order valence-corrected chi connectivity index (χ3v) is 3.01. The van der Waals surface area contributed by atoms with E-state index in [1.54, 1.807) is 6.07 Å². The quantitative estimate of drug-likeness (QED) is 0.738. The number of carbonyl (C=O) groups is 1. The molecule has 3 N–H and O–H groups in total. The molecule has 1 aromatic rings. The van der Waals surface area contributed by atoms with E-state index in [0.29, 0.717) is 23.6 Å². The Bertz CT molecular complexity index is 409. The Labute approximate surface area is 112 Å². The highest BCUT2D eigenvalue weighted by atomic mass is 35.5. The summed E-state index contributed by atoms with van der Waals surface area (Å²) in [7, 11) is 0. The van der Waals surface area contributed by atoms with Crippen molar-refractivity contribution in [3.05, 3.63) is 28.8 Å². The first-order valence-corrected chi connectivity index (χ1v) is 6.25. The lowest BCUT2D eigenvalue weighted by atomic mass is 10.1. The number of aliphatic hydroxyl groups is 1. The summed E-state index contributed by atoms with van der Waals surface area (Å²) in [6, 6.07) is 4.55. The maximum atomic E-state index is 11.7. The Morgan fingerprint density at radius 3 is 2.83 bits per heavy atom. The summed E-state index contributed by atoms with van der Waals surface area (Å²) in [6.45, 7) is 2.62. The van der Waals surface area contributed by atoms with Gasteiger partial charge in [0.1, 0.15) is 5.75 Å². The van der Waals surface area contributed by atoms with Crippen molar-refractivity contribution in [2.24, 2.45) is 5.92 Å². The van der Waals surface area contributed by atoms with Crippen LogP contribution in [0.25, 0.3) is 0 Å². The van der Waals surface area contributed by atoms with Crippen molar-refractivity contribution in [2.75, 3.05) is 13.2 Å². The van der Waals surface area contributed by atoms with E-state index in [1.165, 1.54) is 12.1 Å². The predicted molar refractivity (Wildman–Crippen MR) is 70.7 cm³/mol. The molecule has 0 saturated carbocycles. The van der Waals surface area contributed by atoms with Crippen molar-refractivity contribution in [1.29, 1.82) is 0 Å². The number of phenolic OH excluding ortho intramolecular Hbond substituents is 1. The van der Waals surface area contributed by atoms with Crippen molar-refractivity contribution < 1.29 is 15.0 Å². The summed E-state index contributed by atoms with van der Waals surface area (Å²) in [5.41, 5.74) is 0.682. The zero-order valence-electron chi connectivity index (χ0n) is 10.3. The van der Waals surface area contributed by atoms with E-state index < -0.39 is 0 Å². The third-order valence-electron chi connectivity index (χ3n) is 2.66. The average molecular weight is 272 g/mol. The molecule has 4 nitrogen and oxygen atoms in total. The SMILES string of the molecule is CC(CCO)CNC(=O)Cc1ccc(O)cc1Cl. The van der Waals surface area contributed by atoms with E-state index in [-0.39, 0.29) is 30.6 Å². The van der Waals surface area contributed by atoms with Crippen LogP contribution in [0, 0.1) is 5.92 Å². The van der Waals surface area contributed by atoms with Gasteiger partial charge in [0, 0.05) is 18.2 Å². The first-order valence-electron chi connectivity index (χ1n) is 5.88. The smallest absolute Gasteiger partial charge is 0.224 e. The highest BCUT2D eigenvalue weighted by molar-refractivity contribution is 6.31. The lowest BCUT2D eigenvalue weighted by Crippen LogP contribution is -2.30. The molecule has 0 aliphatic carbocycles. The van der Waals surface area contributed by atoms with Gasteiger partial charge in [-0.3, -0.25) is 4.79 Å². The van der Waals surface area contributed by atoms with Crippen LogP contribution in [0.1, 0.15) is 18.9 Å². The molecule has 0 aliphatic heterocycles. The molecule has 1 unspecified atom stereocenters. The van der Waals surface area contributed by atoms with Gasteiger partial charge < -0.3 is 15.5 Å². The molecule has 0 aliphatic rings. The van der Waals surface area contributed by atoms with Crippen LogP contribution in [0.2, 0.25) is 5.02 Å². The molecule has 18 heavy (non-hydrogen) atoms. The van der Waals surface area contributed by atoms with Gasteiger partial charge in [-0.2, -0.15) is 0 Å². The van der Waals surface area contributed by atoms with Crippen LogP contribution in [0.15, 0.2) is 18.2 Å². The molecule has 0 radical (unpaired) electrons. The molecule has 0 bridgehead atoms. The second-order valence-electron chi connectivity index (χ2n) is 4.37. The monoisotopic (exact) mass is 271 g/mol. The molecule has 1 aromatic carbocycles. The first-order chi connectivity index (χ1) is 8.52. The molecule has 100 valence electrons. The van der Waals surface area contributed by atoms with E-state index >= 15 is 0 Å². The highest BCUT2D eigenvalue weighted by Gasteiger charge is 2.09. The number of halogens is 1. The topological polar surface area (TPSA) is 69.6 Å². The Morgan fingerprint density at radius 1 is 1.50 bits per heavy atom. The Hall–Kier alpha value is -1.26. The number of carbonyl (C=O) groups excluding carboxylic acids is 1. The van der Waals surface area contributed by atoms with Crippen LogP contribution in [-0.2, 0) is 11.2 Å². The normalized spacial score (nSPS) is 12.2. The predicted octanol–water partition coefficient (Wildman–Crippen LogP) is 1.72. The number of hydrogen-bond donors (Lipinski definition) is 3. The Kier molecular flexibility index (Phi) is 5.95. The maximum Gasteiger partial charge on any atom is 0.224 e. The lowest BCUT2D eigenvalue weighted by Gasteiger charge is -2.11. The van der Waals surface area contributed by atoms with Gasteiger partial charge >= 0.3 is 0 Å². The lowest BCUT2D eigenvalue weighted by molar-refractivity contribution is -0.120. The van der Waals surface area contributed by atoms with Gasteiger partial charge in [-0.05, 0) is 30.0 Å². The number of rotatable bonds is 6. The van der Waals surface area contributed by atoms with Crippen LogP contribution in [0.4, 0.5) is 0 Å². The minimum atomic E-state index is -0.118. The third kappa shape index (κ3) is 4.94. The molecule has 1 rings (SSSR count). The molecule has 0 heterocycles. The zero-order valence-corrected chi connectivity index (χ0v) is 11.1. The molecule has 1 atom stereocenters. The van der Waals surface area contributed by atoms with Gasteiger partial charge in [-0.1, -0.05) is 24.6 Å². The summed E-state index contributed by atoms with van der Waals surface area (Å²) in [5, 5.41) is 21.1. The van der Waals surface area contributed by atoms with Crippen molar-refractivity contribution in [3.8, 4) is 5.75 Å². The summed E-state index contributed by atoms with van der Waals surface area (Å²) < 4.78 is 0. The van der Waals surface area contributed by atoms with Crippen molar-refractivity contribution in [1.82, 2.24) is 5.32 Å². The van der Waals surface area contributed by atoms with Crippen molar-refractivity contribution >= 4 is 17.5 Å². The number of aromatic hydroxyl groups is 1. The number of benzene rings is 1. The van der Waals surface area contributed by atoms with Crippen LogP contribution in [0.5, 0.6) is 5.75 Å². The molecule has 0 fully saturated rings. The fourth-order valence-corrected chi connectivity index (χ4v) is 1.77. The number of nitrogens with one attached hydrogen (secondary N) is 1. The summed E-state index contributed by atoms with van der Waals surface area (Å²) >= 11 is 5.91. The summed E-state index contributed by atoms with van der Waals surface area (Å²) in [4.78, 5) is 11.7. The average Bonchev–Trinajstić information content (AvgIpc) is 2.31. The number of phenols is 1. The molecule has 0 aromatic heterocycles. The standard InChI is InChI=1S/C13H18ClNO3/c1-9(4-5-16)8-15-13(18)6-10-2-3-11(17)7-12(10)14/h2-3,7,9,16-17H,4-6,8H2,1H3,(H,15,18). The minimum Gasteiger partial charge on any atom is -0.508 e. The molecule has 0 saturated heterocycles. The molecular weight excluding hydrogens is 254 g/mol. The van der Waals surface area contributed by atoms with Crippen molar-refractivity contribution in [2.45, 2.75) is 19.8 Å². The van der Waals surface area contributed by atoms with Crippen LogP contribution < -0.4 is 5.32 Å². The fourth-order valence-electron chi connectivity index (χ4n) is 1.53. The van der Waals surface area contributed by atoms with Gasteiger partial charge in [0.05, 0.1) is 6.42 Å². The van der Waals surface area contributed by atoms with Gasteiger partial charge in [0.2, 0.25) is 5.91 Å². The van der Waals surface area contributed by atoms with Crippen molar-refractivity contribution in [3.63, 3.8) is 0 Å². The van der Waals surface area contributed by atoms with Crippen LogP contribution in [0.3, 0.4) is 0 Å². The zero-order chi connectivity index (χ0) is 13.5. The number of aliphatic hydroxyl groups excluding tert-OH is 1. The molecule has 1 amide bonds. The fraction of sp³-hybridized carbons (Fsp3) is 0.462. The molecule has 0 spiro atoms. The van der Waals surface area contributed by atoms with E-state index in [4.69, 9.17) is 16.7 Å². The summed E-state index contributed by atoms with van der Waals surface area (Å²) in [6.07, 6.45) is 0.852. The van der Waals surface area contributed by atoms with Gasteiger partial charge in [0.25, 0.3) is 0 Å². The van der Waals surface area contributed by atoms with Gasteiger partial charge in [-0.25, -0.2) is 0 Å². The maximum absolute atomic E-state index is 11.7. The van der Waals surface area contributed by atoms with Gasteiger partial charge in [0.15, 0.2) is 0 Å². The Morgan fingerprint density at radius 2 is 2.22 bits per heavy atom. The Balaban J connectivity index is 2.44. The van der Waals surface area contributed by atoms with Gasteiger partial charge in [-0.15, -0.1) is 0 Å². The number of amides is 1. The highest BCUT2D eigenvalue weighted by Crippen LogP contribution is 2.21. The first kappa shape index (κ1) is 14.8. The van der Waals surface area contributed by atoms with E-state index in [0.717, 1.165) is 0 Å². The molecule has 5 heteroatoms. The largest absolute Gasteiger partial charge is 0.508 e. The van der Waals surface area contributed by atoms with E-state index in [1.807, 2.05) is 6.92 Å². The second-order valence-corrected chi connectivity index (χ2v) is 4.78. The number of hydrogen-bond acceptors (Lipinski definition) is 3. The minimum absolute atomic E-state index is 0.0840. The van der Waals surface area contributed by atoms with E-state index in [2.05, 4.69) is 5.32 Å². The van der Waals surface area contributed by atoms with Crippen LogP contribution in [-0.4, -0.2) is 29.3 Å².